The number of ether oxygens (including phenoxy) is 1. The molecule has 0 radical (unpaired) electrons. The lowest BCUT2D eigenvalue weighted by Gasteiger charge is -2.27. The lowest BCUT2D eigenvalue weighted by atomic mass is 10.0. The summed E-state index contributed by atoms with van der Waals surface area (Å²) >= 11 is 0. The summed E-state index contributed by atoms with van der Waals surface area (Å²) in [6.07, 6.45) is 5.44. The molecule has 7 rings (SSSR count). The molecule has 1 saturated heterocycles. The molecule has 0 unspecified atom stereocenters. The number of aromatic hydroxyl groups is 1. The van der Waals surface area contributed by atoms with Crippen LogP contribution in [0.3, 0.4) is 0 Å². The number of piperazine rings is 1. The number of methoxy groups -OCH3 is 1. The third kappa shape index (κ3) is 7.50. The number of hydrogen-bond acceptors (Lipinski definition) is 10. The van der Waals surface area contributed by atoms with Gasteiger partial charge in [-0.05, 0) is 47.5 Å². The maximum Gasteiger partial charge on any atom is 0.331 e. The number of carbonyl (C=O) groups excluding carboxylic acids is 2. The molecule has 4 heterocycles. The molecule has 0 bridgehead atoms. The fourth-order valence-electron chi connectivity index (χ4n) is 6.30. The Balaban J connectivity index is 0.00000464. The quantitative estimate of drug-likeness (QED) is 0.142. The highest BCUT2D eigenvalue weighted by Gasteiger charge is 2.27. The average molecular weight is 726 g/mol. The van der Waals surface area contributed by atoms with Crippen LogP contribution in [-0.4, -0.2) is 101 Å². The van der Waals surface area contributed by atoms with Crippen molar-refractivity contribution in [2.45, 2.75) is 24.9 Å². The molecule has 6 aromatic rings. The Labute approximate surface area is 303 Å². The number of phenolic OH excluding ortho intramolecular Hbond substituents is 1. The molecule has 0 spiro atoms. The van der Waals surface area contributed by atoms with Crippen LogP contribution < -0.4 is 5.32 Å². The van der Waals surface area contributed by atoms with Gasteiger partial charge in [-0.1, -0.05) is 40.8 Å². The van der Waals surface area contributed by atoms with Gasteiger partial charge in [0.25, 0.3) is 5.91 Å². The number of aromatic amines is 1. The molecule has 1 aliphatic rings. The fourth-order valence-corrected chi connectivity index (χ4v) is 6.30. The SMILES string of the molecule is COC(=O)[C@H](Cc1c[nH]c2ccccc12)n1cc(-c2cc(C(=O)N3CCNCC3)cc(-c3cn([C@@H](Cc4ccc(O)cc4)C(=O)O)nn3)c2)nn1.Cl. The van der Waals surface area contributed by atoms with Crippen molar-refractivity contribution in [3.8, 4) is 28.3 Å². The van der Waals surface area contributed by atoms with Crippen LogP contribution in [0.1, 0.15) is 33.6 Å². The van der Waals surface area contributed by atoms with Gasteiger partial charge in [0.2, 0.25) is 0 Å². The van der Waals surface area contributed by atoms with Crippen LogP contribution in [0, 0.1) is 0 Å². The average Bonchev–Trinajstić information content (AvgIpc) is 3.94. The number of amides is 1. The van der Waals surface area contributed by atoms with Crippen molar-refractivity contribution >= 4 is 41.2 Å². The van der Waals surface area contributed by atoms with Crippen molar-refractivity contribution in [1.82, 2.24) is 45.2 Å². The summed E-state index contributed by atoms with van der Waals surface area (Å²) < 4.78 is 7.89. The summed E-state index contributed by atoms with van der Waals surface area (Å²) in [5, 5.41) is 41.1. The van der Waals surface area contributed by atoms with E-state index in [1.807, 2.05) is 30.5 Å². The summed E-state index contributed by atoms with van der Waals surface area (Å²) in [7, 11) is 1.33. The van der Waals surface area contributed by atoms with Crippen LogP contribution in [0.25, 0.3) is 33.4 Å². The number of para-hydroxylation sites is 1. The van der Waals surface area contributed by atoms with Crippen LogP contribution in [0.2, 0.25) is 0 Å². The van der Waals surface area contributed by atoms with Gasteiger partial charge in [0.15, 0.2) is 12.1 Å². The smallest absolute Gasteiger partial charge is 0.331 e. The second-order valence-corrected chi connectivity index (χ2v) is 12.3. The molecule has 52 heavy (non-hydrogen) atoms. The topological polar surface area (TPSA) is 193 Å². The molecule has 0 saturated carbocycles. The summed E-state index contributed by atoms with van der Waals surface area (Å²) in [6.45, 7) is 2.42. The van der Waals surface area contributed by atoms with Gasteiger partial charge in [0.05, 0.1) is 19.5 Å². The Morgan fingerprint density at radius 1 is 0.865 bits per heavy atom. The van der Waals surface area contributed by atoms with E-state index in [4.69, 9.17) is 4.74 Å². The number of rotatable bonds is 11. The number of carboxylic acids is 1. The van der Waals surface area contributed by atoms with Gasteiger partial charge >= 0.3 is 11.9 Å². The maximum absolute atomic E-state index is 13.8. The minimum Gasteiger partial charge on any atom is -0.508 e. The Hall–Kier alpha value is -6.06. The van der Waals surface area contributed by atoms with E-state index in [0.29, 0.717) is 66.2 Å². The Morgan fingerprint density at radius 2 is 1.50 bits per heavy atom. The van der Waals surface area contributed by atoms with E-state index < -0.39 is 24.0 Å². The van der Waals surface area contributed by atoms with E-state index in [9.17, 15) is 24.6 Å². The van der Waals surface area contributed by atoms with Gasteiger partial charge in [-0.3, -0.25) is 4.79 Å². The predicted octanol–water partition coefficient (Wildman–Crippen LogP) is 3.68. The molecule has 4 N–H and O–H groups in total. The third-order valence-corrected chi connectivity index (χ3v) is 9.05. The first-order valence-corrected chi connectivity index (χ1v) is 16.4. The molecule has 15 nitrogen and oxygen atoms in total. The minimum atomic E-state index is -1.10. The van der Waals surface area contributed by atoms with Crippen LogP contribution in [-0.2, 0) is 27.2 Å². The number of carboxylic acid groups (broad SMARTS) is 1. The Morgan fingerprint density at radius 3 is 2.13 bits per heavy atom. The highest BCUT2D eigenvalue weighted by Crippen LogP contribution is 2.30. The predicted molar refractivity (Wildman–Crippen MR) is 192 cm³/mol. The summed E-state index contributed by atoms with van der Waals surface area (Å²) in [5.74, 6) is -1.69. The molecule has 1 amide bonds. The van der Waals surface area contributed by atoms with Crippen molar-refractivity contribution < 1.29 is 29.3 Å². The summed E-state index contributed by atoms with van der Waals surface area (Å²) in [6, 6.07) is 17.4. The third-order valence-electron chi connectivity index (χ3n) is 9.05. The minimum absolute atomic E-state index is 0. The van der Waals surface area contributed by atoms with E-state index in [-0.39, 0.29) is 30.5 Å². The number of nitrogens with zero attached hydrogens (tertiary/aromatic N) is 7. The van der Waals surface area contributed by atoms with E-state index in [0.717, 1.165) is 16.5 Å². The van der Waals surface area contributed by atoms with E-state index in [1.165, 1.54) is 34.8 Å². The molecule has 1 fully saturated rings. The normalized spacial score (nSPS) is 14.1. The number of aromatic nitrogens is 7. The Bertz CT molecular complexity index is 2210. The molecule has 3 aromatic heterocycles. The molecular formula is C36H36ClN9O6. The van der Waals surface area contributed by atoms with E-state index >= 15 is 0 Å². The van der Waals surface area contributed by atoms with Crippen LogP contribution in [0.5, 0.6) is 5.75 Å². The second-order valence-electron chi connectivity index (χ2n) is 12.3. The number of esters is 1. The Kier molecular flexibility index (Phi) is 10.6. The van der Waals surface area contributed by atoms with Crippen LogP contribution >= 0.6 is 12.4 Å². The molecule has 2 atom stereocenters. The lowest BCUT2D eigenvalue weighted by Crippen LogP contribution is -2.46. The summed E-state index contributed by atoms with van der Waals surface area (Å²) in [4.78, 5) is 44.2. The first kappa shape index (κ1) is 35.8. The summed E-state index contributed by atoms with van der Waals surface area (Å²) in [5.41, 5.74) is 4.75. The zero-order valence-electron chi connectivity index (χ0n) is 28.0. The van der Waals surface area contributed by atoms with Crippen molar-refractivity contribution in [3.63, 3.8) is 0 Å². The lowest BCUT2D eigenvalue weighted by molar-refractivity contribution is -0.145. The van der Waals surface area contributed by atoms with Crippen molar-refractivity contribution in [2.75, 3.05) is 33.3 Å². The standard InChI is InChI=1S/C36H35N9O6.ClH/c1-51-36(50)33(18-26-19-38-29-5-3-2-4-28(26)29)45-21-31(40-42-45)24-15-23(16-25(17-24)34(47)43-12-10-37-11-13-43)30-20-44(41-39-30)32(35(48)49)14-22-6-8-27(46)9-7-22;/h2-9,15-17,19-21,32-33,37-38,46H,10-14,18H2,1H3,(H,48,49);1H/t32-,33-;/m0./s1. The van der Waals surface area contributed by atoms with Crippen molar-refractivity contribution in [2.24, 2.45) is 0 Å². The van der Waals surface area contributed by atoms with Gasteiger partial charge in [-0.15, -0.1) is 22.6 Å². The highest BCUT2D eigenvalue weighted by atomic mass is 35.5. The van der Waals surface area contributed by atoms with E-state index in [1.54, 1.807) is 41.4 Å². The number of hydrogen-bond donors (Lipinski definition) is 4. The molecule has 16 heteroatoms. The van der Waals surface area contributed by atoms with Gasteiger partial charge in [0.1, 0.15) is 17.1 Å². The number of halogens is 1. The van der Waals surface area contributed by atoms with Gasteiger partial charge < -0.3 is 30.2 Å². The molecule has 3 aromatic carbocycles. The number of carbonyl (C=O) groups is 3. The number of aliphatic carboxylic acids is 1. The monoisotopic (exact) mass is 725 g/mol. The fraction of sp³-hybridized carbons (Fsp3) is 0.250. The number of H-pyrrole nitrogens is 1. The zero-order chi connectivity index (χ0) is 35.5. The number of fused-ring (bicyclic) bond motifs is 1. The first-order chi connectivity index (χ1) is 24.8. The number of phenols is 1. The highest BCUT2D eigenvalue weighted by molar-refractivity contribution is 5.97. The van der Waals surface area contributed by atoms with Crippen LogP contribution in [0.4, 0.5) is 0 Å². The van der Waals surface area contributed by atoms with Gasteiger partial charge in [-0.2, -0.15) is 0 Å². The zero-order valence-corrected chi connectivity index (χ0v) is 28.9. The largest absolute Gasteiger partial charge is 0.508 e. The second kappa shape index (κ2) is 15.4. The van der Waals surface area contributed by atoms with Gasteiger partial charge in [-0.25, -0.2) is 19.0 Å². The molecule has 268 valence electrons. The molecule has 0 aliphatic carbocycles. The van der Waals surface area contributed by atoms with Crippen molar-refractivity contribution in [3.05, 3.63) is 102 Å². The molecule has 1 aliphatic heterocycles. The first-order valence-electron chi connectivity index (χ1n) is 16.4. The number of benzene rings is 3. The van der Waals surface area contributed by atoms with Crippen molar-refractivity contribution in [1.29, 1.82) is 0 Å². The van der Waals surface area contributed by atoms with Crippen LogP contribution in [0.15, 0.2) is 85.3 Å². The van der Waals surface area contributed by atoms with Gasteiger partial charge in [0, 0.05) is 72.8 Å². The maximum atomic E-state index is 13.8. The van der Waals surface area contributed by atoms with E-state index in [2.05, 4.69) is 30.9 Å². The number of nitrogens with one attached hydrogen (secondary N) is 2. The molecular weight excluding hydrogens is 690 g/mol.